The minimum Gasteiger partial charge on any atom is -0.334 e. The minimum absolute atomic E-state index is 1.03. The van der Waals surface area contributed by atoms with E-state index in [4.69, 9.17) is 5.10 Å². The summed E-state index contributed by atoms with van der Waals surface area (Å²) in [5.74, 6) is 0. The van der Waals surface area contributed by atoms with Gasteiger partial charge in [0.15, 0.2) is 0 Å². The molecule has 1 heterocycles. The molecule has 3 aromatic rings. The van der Waals surface area contributed by atoms with E-state index in [1.807, 2.05) is 0 Å². The first-order chi connectivity index (χ1) is 11.3. The Morgan fingerprint density at radius 2 is 1.48 bits per heavy atom. The number of benzene rings is 3. The first-order valence-electron chi connectivity index (χ1n) is 8.32. The van der Waals surface area contributed by atoms with Crippen molar-refractivity contribution in [1.29, 1.82) is 0 Å². The maximum absolute atomic E-state index is 4.78. The van der Waals surface area contributed by atoms with E-state index in [1.54, 1.807) is 4.90 Å². The quantitative estimate of drug-likeness (QED) is 0.568. The van der Waals surface area contributed by atoms with Crippen LogP contribution in [0.25, 0.3) is 21.5 Å². The molecular weight excluding hydrogens is 282 g/mol. The van der Waals surface area contributed by atoms with Gasteiger partial charge < -0.3 is 4.90 Å². The molecule has 1 aliphatic rings. The standard InChI is InChI=1S/C20H21N3/c1-22-10-12-23(13-11-22)21-15-20-18-8-4-2-6-16(18)14-17-7-3-5-9-19(17)20/h2-9,14-15H,10-13H2,1H3/p+1. The normalized spacial score (nSPS) is 16.7. The Hall–Kier alpha value is -2.39. The fourth-order valence-electron chi connectivity index (χ4n) is 3.32. The minimum atomic E-state index is 1.03. The second kappa shape index (κ2) is 6.01. The lowest BCUT2D eigenvalue weighted by molar-refractivity contribution is -0.884. The van der Waals surface area contributed by atoms with E-state index in [9.17, 15) is 0 Å². The lowest BCUT2D eigenvalue weighted by atomic mass is 9.97. The Morgan fingerprint density at radius 3 is 2.09 bits per heavy atom. The molecule has 1 N–H and O–H groups in total. The molecule has 0 aliphatic carbocycles. The summed E-state index contributed by atoms with van der Waals surface area (Å²) in [5, 5.41) is 12.1. The zero-order valence-corrected chi connectivity index (χ0v) is 13.5. The van der Waals surface area contributed by atoms with E-state index < -0.39 is 0 Å². The van der Waals surface area contributed by atoms with Crippen LogP contribution in [0.15, 0.2) is 59.7 Å². The van der Waals surface area contributed by atoms with Crippen molar-refractivity contribution in [3.63, 3.8) is 0 Å². The first-order valence-corrected chi connectivity index (χ1v) is 8.32. The van der Waals surface area contributed by atoms with Gasteiger partial charge in [-0.05, 0) is 27.6 Å². The number of rotatable bonds is 2. The number of fused-ring (bicyclic) bond motifs is 2. The molecule has 1 saturated heterocycles. The molecule has 23 heavy (non-hydrogen) atoms. The second-order valence-corrected chi connectivity index (χ2v) is 6.39. The molecule has 116 valence electrons. The number of quaternary nitrogens is 1. The second-order valence-electron chi connectivity index (χ2n) is 6.39. The van der Waals surface area contributed by atoms with Crippen molar-refractivity contribution in [1.82, 2.24) is 5.01 Å². The van der Waals surface area contributed by atoms with Crippen LogP contribution in [0.1, 0.15) is 5.56 Å². The number of hydrazone groups is 1. The van der Waals surface area contributed by atoms with Crippen LogP contribution >= 0.6 is 0 Å². The Morgan fingerprint density at radius 1 is 0.913 bits per heavy atom. The average molecular weight is 304 g/mol. The molecule has 0 unspecified atom stereocenters. The molecule has 3 aromatic carbocycles. The number of hydrogen-bond donors (Lipinski definition) is 1. The molecule has 0 atom stereocenters. The molecule has 3 nitrogen and oxygen atoms in total. The first kappa shape index (κ1) is 14.2. The number of nitrogens with one attached hydrogen (secondary N) is 1. The Balaban J connectivity index is 1.80. The van der Waals surface area contributed by atoms with Gasteiger partial charge in [-0.25, -0.2) is 0 Å². The van der Waals surface area contributed by atoms with Gasteiger partial charge in [0.05, 0.1) is 39.4 Å². The molecule has 3 heteroatoms. The van der Waals surface area contributed by atoms with Gasteiger partial charge in [0.25, 0.3) is 0 Å². The average Bonchev–Trinajstić information content (AvgIpc) is 2.60. The van der Waals surface area contributed by atoms with Crippen LogP contribution in [0.2, 0.25) is 0 Å². The van der Waals surface area contributed by atoms with Crippen LogP contribution in [0, 0.1) is 0 Å². The fourth-order valence-corrected chi connectivity index (χ4v) is 3.32. The molecule has 4 rings (SSSR count). The summed E-state index contributed by atoms with van der Waals surface area (Å²) in [4.78, 5) is 1.59. The van der Waals surface area contributed by atoms with E-state index in [-0.39, 0.29) is 0 Å². The van der Waals surface area contributed by atoms with Crippen molar-refractivity contribution in [2.24, 2.45) is 5.10 Å². The van der Waals surface area contributed by atoms with Gasteiger partial charge in [0.1, 0.15) is 0 Å². The molecule has 0 radical (unpaired) electrons. The third kappa shape index (κ3) is 2.80. The van der Waals surface area contributed by atoms with Crippen LogP contribution in [-0.4, -0.2) is 44.5 Å². The van der Waals surface area contributed by atoms with E-state index in [0.717, 1.165) is 26.2 Å². The molecule has 0 bridgehead atoms. The molecule has 1 fully saturated rings. The largest absolute Gasteiger partial charge is 0.334 e. The van der Waals surface area contributed by atoms with E-state index in [2.05, 4.69) is 72.9 Å². The van der Waals surface area contributed by atoms with Crippen LogP contribution in [0.4, 0.5) is 0 Å². The summed E-state index contributed by atoms with van der Waals surface area (Å²) >= 11 is 0. The SMILES string of the molecule is C[NH+]1CCN(N=Cc2c3ccccc3cc3ccccc23)CC1. The molecular formula is C20H22N3+. The maximum atomic E-state index is 4.78. The highest BCUT2D eigenvalue weighted by Gasteiger charge is 2.14. The summed E-state index contributed by atoms with van der Waals surface area (Å²) in [6.45, 7) is 4.39. The van der Waals surface area contributed by atoms with Crippen molar-refractivity contribution in [2.75, 3.05) is 33.2 Å². The van der Waals surface area contributed by atoms with Crippen LogP contribution in [0.3, 0.4) is 0 Å². The lowest BCUT2D eigenvalue weighted by Crippen LogP contribution is -3.11. The van der Waals surface area contributed by atoms with Crippen molar-refractivity contribution in [3.05, 3.63) is 60.2 Å². The highest BCUT2D eigenvalue weighted by Crippen LogP contribution is 2.27. The zero-order chi connectivity index (χ0) is 15.6. The van der Waals surface area contributed by atoms with Crippen LogP contribution in [0.5, 0.6) is 0 Å². The van der Waals surface area contributed by atoms with Gasteiger partial charge in [0.2, 0.25) is 0 Å². The monoisotopic (exact) mass is 304 g/mol. The van der Waals surface area contributed by atoms with Crippen LogP contribution in [-0.2, 0) is 0 Å². The molecule has 1 aliphatic heterocycles. The predicted octanol–water partition coefficient (Wildman–Crippen LogP) is 2.16. The predicted molar refractivity (Wildman–Crippen MR) is 97.2 cm³/mol. The number of likely N-dealkylation sites (N-methyl/N-ethyl adjacent to an activating group) is 1. The van der Waals surface area contributed by atoms with Crippen LogP contribution < -0.4 is 4.90 Å². The number of nitrogens with zero attached hydrogens (tertiary/aromatic N) is 2. The molecule has 0 amide bonds. The maximum Gasteiger partial charge on any atom is 0.0964 e. The van der Waals surface area contributed by atoms with Gasteiger partial charge in [-0.2, -0.15) is 5.10 Å². The van der Waals surface area contributed by atoms with E-state index in [0.29, 0.717) is 0 Å². The number of piperazine rings is 1. The van der Waals surface area contributed by atoms with Gasteiger partial charge in [-0.15, -0.1) is 0 Å². The van der Waals surface area contributed by atoms with E-state index in [1.165, 1.54) is 27.1 Å². The third-order valence-corrected chi connectivity index (χ3v) is 4.76. The zero-order valence-electron chi connectivity index (χ0n) is 13.5. The molecule has 0 spiro atoms. The highest BCUT2D eigenvalue weighted by atomic mass is 15.5. The summed E-state index contributed by atoms with van der Waals surface area (Å²) in [6.07, 6.45) is 2.06. The summed E-state index contributed by atoms with van der Waals surface area (Å²) in [7, 11) is 2.25. The fraction of sp³-hybridized carbons (Fsp3) is 0.250. The van der Waals surface area contributed by atoms with Gasteiger partial charge >= 0.3 is 0 Å². The van der Waals surface area contributed by atoms with Crippen molar-refractivity contribution in [3.8, 4) is 0 Å². The summed E-state index contributed by atoms with van der Waals surface area (Å²) in [6, 6.07) is 19.4. The van der Waals surface area contributed by atoms with Crippen molar-refractivity contribution in [2.45, 2.75) is 0 Å². The number of hydrogen-bond acceptors (Lipinski definition) is 2. The van der Waals surface area contributed by atoms with Crippen molar-refractivity contribution < 1.29 is 4.90 Å². The Kier molecular flexibility index (Phi) is 3.72. The lowest BCUT2D eigenvalue weighted by Gasteiger charge is -2.27. The summed E-state index contributed by atoms with van der Waals surface area (Å²) < 4.78 is 0. The molecule has 0 aromatic heterocycles. The van der Waals surface area contributed by atoms with Gasteiger partial charge in [-0.3, -0.25) is 5.01 Å². The van der Waals surface area contributed by atoms with Crippen molar-refractivity contribution >= 4 is 27.8 Å². The summed E-state index contributed by atoms with van der Waals surface area (Å²) in [5.41, 5.74) is 1.23. The Bertz CT molecular complexity index is 807. The highest BCUT2D eigenvalue weighted by molar-refractivity contribution is 6.13. The Labute approximate surface area is 136 Å². The molecule has 0 saturated carbocycles. The smallest absolute Gasteiger partial charge is 0.0964 e. The van der Waals surface area contributed by atoms with E-state index >= 15 is 0 Å². The topological polar surface area (TPSA) is 20.0 Å². The van der Waals surface area contributed by atoms with Gasteiger partial charge in [0, 0.05) is 5.56 Å². The third-order valence-electron chi connectivity index (χ3n) is 4.76. The van der Waals surface area contributed by atoms with Gasteiger partial charge in [-0.1, -0.05) is 48.5 Å².